The first-order valence-corrected chi connectivity index (χ1v) is 9.49. The van der Waals surface area contributed by atoms with Crippen LogP contribution in [0.15, 0.2) is 24.3 Å². The van der Waals surface area contributed by atoms with Gasteiger partial charge in [0, 0.05) is 11.6 Å². The number of amidine groups is 1. The van der Waals surface area contributed by atoms with Gasteiger partial charge in [-0.25, -0.2) is 0 Å². The van der Waals surface area contributed by atoms with Crippen molar-refractivity contribution in [3.8, 4) is 0 Å². The topological polar surface area (TPSA) is 111 Å². The molecule has 1 aromatic rings. The number of hydrogen-bond donors (Lipinski definition) is 4. The van der Waals surface area contributed by atoms with Gasteiger partial charge < -0.3 is 20.8 Å². The number of likely N-dealkylation sites (tertiary alicyclic amines) is 1. The maximum absolute atomic E-state index is 10.9. The lowest BCUT2D eigenvalue weighted by Crippen LogP contribution is -2.47. The van der Waals surface area contributed by atoms with Crippen molar-refractivity contribution in [2.45, 2.75) is 62.5 Å². The molecule has 1 saturated heterocycles. The second kappa shape index (κ2) is 7.76. The van der Waals surface area contributed by atoms with Crippen LogP contribution in [0.1, 0.15) is 62.0 Å². The summed E-state index contributed by atoms with van der Waals surface area (Å²) in [6, 6.07) is 8.49. The molecule has 26 heavy (non-hydrogen) atoms. The van der Waals surface area contributed by atoms with E-state index in [1.165, 1.54) is 5.56 Å². The Balaban J connectivity index is 1.50. The Hall–Kier alpha value is -1.92. The van der Waals surface area contributed by atoms with Crippen LogP contribution in [-0.4, -0.2) is 51.7 Å². The van der Waals surface area contributed by atoms with Crippen molar-refractivity contribution >= 4 is 11.8 Å². The van der Waals surface area contributed by atoms with Crippen LogP contribution in [0, 0.1) is 5.41 Å². The number of hydrogen-bond acceptors (Lipinski definition) is 4. The van der Waals surface area contributed by atoms with E-state index in [0.717, 1.165) is 44.3 Å². The molecule has 3 rings (SSSR count). The molecule has 142 valence electrons. The number of nitrogen functional groups attached to an aromatic ring is 1. The van der Waals surface area contributed by atoms with Gasteiger partial charge in [-0.2, -0.15) is 0 Å². The van der Waals surface area contributed by atoms with E-state index < -0.39 is 11.6 Å². The summed E-state index contributed by atoms with van der Waals surface area (Å²) in [5.41, 5.74) is 6.58. The average Bonchev–Trinajstić information content (AvgIpc) is 2.62. The first-order valence-electron chi connectivity index (χ1n) is 9.49. The predicted molar refractivity (Wildman–Crippen MR) is 100 cm³/mol. The molecular weight excluding hydrogens is 330 g/mol. The van der Waals surface area contributed by atoms with Crippen LogP contribution in [0.5, 0.6) is 0 Å². The molecule has 0 spiro atoms. The molecule has 2 aliphatic rings. The van der Waals surface area contributed by atoms with Crippen LogP contribution in [0.2, 0.25) is 0 Å². The second-order valence-electron chi connectivity index (χ2n) is 7.87. The first-order chi connectivity index (χ1) is 12.4. The Bertz CT molecular complexity index is 643. The lowest BCUT2D eigenvalue weighted by Gasteiger charge is -2.43. The summed E-state index contributed by atoms with van der Waals surface area (Å²) in [7, 11) is 0. The molecule has 0 radical (unpaired) electrons. The van der Waals surface area contributed by atoms with Crippen molar-refractivity contribution < 1.29 is 15.0 Å². The standard InChI is InChI=1S/C20H29N3O3/c21-19(22)16-3-1-14(2-4-16)15-7-11-23(12-8-15)17-5-9-20(26,10-6-17)13-18(24)25/h1-4,15,17,26H,5-13H2,(H3,21,22)(H,24,25). The molecule has 0 aromatic heterocycles. The molecule has 1 saturated carbocycles. The summed E-state index contributed by atoms with van der Waals surface area (Å²) in [5, 5.41) is 26.8. The van der Waals surface area contributed by atoms with Crippen LogP contribution < -0.4 is 5.73 Å². The number of piperidine rings is 1. The largest absolute Gasteiger partial charge is 0.481 e. The molecule has 6 heteroatoms. The van der Waals surface area contributed by atoms with Crippen molar-refractivity contribution in [3.63, 3.8) is 0 Å². The van der Waals surface area contributed by atoms with Gasteiger partial charge in [0.1, 0.15) is 5.84 Å². The van der Waals surface area contributed by atoms with Crippen LogP contribution in [-0.2, 0) is 4.79 Å². The summed E-state index contributed by atoms with van der Waals surface area (Å²) < 4.78 is 0. The number of carboxylic acids is 1. The van der Waals surface area contributed by atoms with Gasteiger partial charge in [-0.3, -0.25) is 10.2 Å². The lowest BCUT2D eigenvalue weighted by molar-refractivity contribution is -0.144. The molecule has 0 unspecified atom stereocenters. The third kappa shape index (κ3) is 4.43. The van der Waals surface area contributed by atoms with Crippen LogP contribution >= 0.6 is 0 Å². The second-order valence-corrected chi connectivity index (χ2v) is 7.87. The van der Waals surface area contributed by atoms with Crippen molar-refractivity contribution in [1.29, 1.82) is 5.41 Å². The zero-order valence-corrected chi connectivity index (χ0v) is 15.2. The van der Waals surface area contributed by atoms with Crippen molar-refractivity contribution in [1.82, 2.24) is 4.90 Å². The molecular formula is C20H29N3O3. The number of aliphatic carboxylic acids is 1. The minimum atomic E-state index is -1.01. The summed E-state index contributed by atoms with van der Waals surface area (Å²) in [6.07, 6.45) is 4.99. The minimum Gasteiger partial charge on any atom is -0.481 e. The van der Waals surface area contributed by atoms with Crippen LogP contribution in [0.3, 0.4) is 0 Å². The zero-order valence-electron chi connectivity index (χ0n) is 15.2. The average molecular weight is 359 g/mol. The summed E-state index contributed by atoms with van der Waals surface area (Å²) in [4.78, 5) is 13.4. The van der Waals surface area contributed by atoms with E-state index in [1.54, 1.807) is 0 Å². The van der Waals surface area contributed by atoms with E-state index in [-0.39, 0.29) is 12.3 Å². The van der Waals surface area contributed by atoms with Gasteiger partial charge in [0.25, 0.3) is 0 Å². The number of nitrogens with two attached hydrogens (primary N) is 1. The van der Waals surface area contributed by atoms with E-state index in [0.29, 0.717) is 24.8 Å². The van der Waals surface area contributed by atoms with Crippen LogP contribution in [0.4, 0.5) is 0 Å². The highest BCUT2D eigenvalue weighted by molar-refractivity contribution is 5.94. The fraction of sp³-hybridized carbons (Fsp3) is 0.600. The number of benzene rings is 1. The van der Waals surface area contributed by atoms with Gasteiger partial charge >= 0.3 is 5.97 Å². The lowest BCUT2D eigenvalue weighted by atomic mass is 9.78. The molecule has 1 aliphatic carbocycles. The molecule has 1 aliphatic heterocycles. The number of carbonyl (C=O) groups is 1. The number of rotatable bonds is 5. The Labute approximate surface area is 154 Å². The van der Waals surface area contributed by atoms with Crippen molar-refractivity contribution in [3.05, 3.63) is 35.4 Å². The molecule has 6 nitrogen and oxygen atoms in total. The molecule has 1 aromatic carbocycles. The van der Waals surface area contributed by atoms with Crippen LogP contribution in [0.25, 0.3) is 0 Å². The van der Waals surface area contributed by atoms with E-state index >= 15 is 0 Å². The highest BCUT2D eigenvalue weighted by Gasteiger charge is 2.37. The summed E-state index contributed by atoms with van der Waals surface area (Å²) in [5.74, 6) is -0.270. The van der Waals surface area contributed by atoms with Gasteiger partial charge in [0.05, 0.1) is 12.0 Å². The monoisotopic (exact) mass is 359 g/mol. The fourth-order valence-electron chi connectivity index (χ4n) is 4.50. The summed E-state index contributed by atoms with van der Waals surface area (Å²) >= 11 is 0. The maximum Gasteiger partial charge on any atom is 0.306 e. The van der Waals surface area contributed by atoms with Crippen molar-refractivity contribution in [2.75, 3.05) is 13.1 Å². The quantitative estimate of drug-likeness (QED) is 0.476. The number of nitrogens with one attached hydrogen (secondary N) is 1. The SMILES string of the molecule is N=C(N)c1ccc(C2CCN(C3CCC(O)(CC(=O)O)CC3)CC2)cc1. The highest BCUT2D eigenvalue weighted by Crippen LogP contribution is 2.36. The van der Waals surface area contributed by atoms with Gasteiger partial charge in [-0.1, -0.05) is 24.3 Å². The molecule has 1 heterocycles. The molecule has 0 bridgehead atoms. The number of aliphatic hydroxyl groups is 1. The van der Waals surface area contributed by atoms with E-state index in [4.69, 9.17) is 16.2 Å². The minimum absolute atomic E-state index is 0.103. The number of nitrogens with zero attached hydrogens (tertiary/aromatic N) is 1. The molecule has 5 N–H and O–H groups in total. The Kier molecular flexibility index (Phi) is 5.63. The summed E-state index contributed by atoms with van der Waals surface area (Å²) in [6.45, 7) is 2.09. The normalized spacial score (nSPS) is 28.0. The van der Waals surface area contributed by atoms with E-state index in [1.807, 2.05) is 12.1 Å². The zero-order chi connectivity index (χ0) is 18.7. The van der Waals surface area contributed by atoms with Crippen molar-refractivity contribution in [2.24, 2.45) is 5.73 Å². The van der Waals surface area contributed by atoms with Gasteiger partial charge in [-0.05, 0) is 63.1 Å². The third-order valence-corrected chi connectivity index (χ3v) is 6.11. The van der Waals surface area contributed by atoms with Gasteiger partial charge in [-0.15, -0.1) is 0 Å². The smallest absolute Gasteiger partial charge is 0.306 e. The van der Waals surface area contributed by atoms with Gasteiger partial charge in [0.2, 0.25) is 0 Å². The molecule has 0 atom stereocenters. The van der Waals surface area contributed by atoms with E-state index in [2.05, 4.69) is 17.0 Å². The Morgan fingerprint density at radius 1 is 1.15 bits per heavy atom. The third-order valence-electron chi connectivity index (χ3n) is 6.11. The maximum atomic E-state index is 10.9. The predicted octanol–water partition coefficient (Wildman–Crippen LogP) is 2.30. The van der Waals surface area contributed by atoms with E-state index in [9.17, 15) is 9.90 Å². The molecule has 0 amide bonds. The van der Waals surface area contributed by atoms with Gasteiger partial charge in [0.15, 0.2) is 0 Å². The number of carboxylic acid groups (broad SMARTS) is 1. The Morgan fingerprint density at radius 2 is 1.73 bits per heavy atom. The fourth-order valence-corrected chi connectivity index (χ4v) is 4.50. The highest BCUT2D eigenvalue weighted by atomic mass is 16.4. The molecule has 2 fully saturated rings. The first kappa shape index (κ1) is 18.9. The Morgan fingerprint density at radius 3 is 2.23 bits per heavy atom.